The molecule has 5 nitrogen and oxygen atoms in total. The summed E-state index contributed by atoms with van der Waals surface area (Å²) >= 11 is 0. The number of pyridine rings is 1. The van der Waals surface area contributed by atoms with Crippen LogP contribution in [0.15, 0.2) is 75.6 Å². The average Bonchev–Trinajstić information content (AvgIpc) is 2.76. The Labute approximate surface area is 188 Å². The van der Waals surface area contributed by atoms with E-state index in [1.165, 1.54) is 11.1 Å². The zero-order valence-corrected chi connectivity index (χ0v) is 18.8. The van der Waals surface area contributed by atoms with E-state index in [-0.39, 0.29) is 17.4 Å². The predicted octanol–water partition coefficient (Wildman–Crippen LogP) is 4.57. The average molecular weight is 428 g/mol. The predicted molar refractivity (Wildman–Crippen MR) is 130 cm³/mol. The Morgan fingerprint density at radius 3 is 2.88 bits per heavy atom. The minimum absolute atomic E-state index is 0.0764. The summed E-state index contributed by atoms with van der Waals surface area (Å²) in [7, 11) is 0. The number of fused-ring (bicyclic) bond motifs is 4. The second-order valence-electron chi connectivity index (χ2n) is 8.40. The molecule has 2 aliphatic rings. The van der Waals surface area contributed by atoms with E-state index in [4.69, 9.17) is 4.99 Å². The number of benzene rings is 1. The number of rotatable bonds is 5. The van der Waals surface area contributed by atoms with Crippen molar-refractivity contribution >= 4 is 18.2 Å². The van der Waals surface area contributed by atoms with Gasteiger partial charge in [0.15, 0.2) is 0 Å². The van der Waals surface area contributed by atoms with Crippen molar-refractivity contribution in [3.05, 3.63) is 98.5 Å². The Hall–Kier alpha value is -3.47. The first-order chi connectivity index (χ1) is 15.5. The van der Waals surface area contributed by atoms with Crippen molar-refractivity contribution in [3.8, 4) is 0 Å². The molecule has 0 radical (unpaired) electrons. The summed E-state index contributed by atoms with van der Waals surface area (Å²) in [6.45, 7) is 6.71. The molecule has 0 unspecified atom stereocenters. The van der Waals surface area contributed by atoms with E-state index in [0.717, 1.165) is 29.7 Å². The first-order valence-electron chi connectivity index (χ1n) is 11.1. The number of carbonyl (C=O) groups is 1. The maximum absolute atomic E-state index is 12.3. The van der Waals surface area contributed by atoms with E-state index in [0.29, 0.717) is 12.1 Å². The minimum atomic E-state index is -0.514. The minimum Gasteiger partial charge on any atom is -0.352 e. The van der Waals surface area contributed by atoms with Gasteiger partial charge >= 0.3 is 0 Å². The van der Waals surface area contributed by atoms with Crippen LogP contribution in [-0.2, 0) is 12.0 Å². The number of H-pyrrole nitrogens is 1. The molecule has 0 spiro atoms. The third kappa shape index (κ3) is 3.91. The molecule has 2 N–H and O–H groups in total. The number of aliphatic imine (C=N–C) groups is 1. The van der Waals surface area contributed by atoms with Gasteiger partial charge in [0.05, 0.1) is 0 Å². The number of hydrogen-bond acceptors (Lipinski definition) is 3. The van der Waals surface area contributed by atoms with Gasteiger partial charge in [0.1, 0.15) is 5.54 Å². The summed E-state index contributed by atoms with van der Waals surface area (Å²) in [6.07, 6.45) is 11.7. The monoisotopic (exact) mass is 427 g/mol. The van der Waals surface area contributed by atoms with Crippen molar-refractivity contribution in [3.63, 3.8) is 0 Å². The molecular weight excluding hydrogens is 398 g/mol. The second kappa shape index (κ2) is 8.95. The molecular formula is C27H29N3O2. The maximum Gasteiger partial charge on any atom is 0.251 e. The summed E-state index contributed by atoms with van der Waals surface area (Å²) in [5.74, 6) is 0.152. The van der Waals surface area contributed by atoms with Gasteiger partial charge in [0, 0.05) is 48.0 Å². The summed E-state index contributed by atoms with van der Waals surface area (Å²) in [6, 6.07) is 11.1. The Bertz CT molecular complexity index is 1220. The van der Waals surface area contributed by atoms with Crippen molar-refractivity contribution in [1.82, 2.24) is 10.3 Å². The van der Waals surface area contributed by atoms with Gasteiger partial charge in [0.2, 0.25) is 5.56 Å². The van der Waals surface area contributed by atoms with Crippen LogP contribution in [-0.4, -0.2) is 23.7 Å². The van der Waals surface area contributed by atoms with E-state index in [9.17, 15) is 9.59 Å². The first kappa shape index (κ1) is 21.8. The van der Waals surface area contributed by atoms with E-state index < -0.39 is 5.54 Å². The Kier molecular flexibility index (Phi) is 6.08. The normalized spacial score (nSPS) is 23.4. The van der Waals surface area contributed by atoms with Crippen molar-refractivity contribution in [1.29, 1.82) is 0 Å². The first-order valence-corrected chi connectivity index (χ1v) is 11.1. The summed E-state index contributed by atoms with van der Waals surface area (Å²) in [4.78, 5) is 32.4. The fraction of sp³-hybridized carbons (Fsp3) is 0.296. The quantitative estimate of drug-likeness (QED) is 0.542. The lowest BCUT2D eigenvalue weighted by Crippen LogP contribution is -2.40. The molecule has 1 heterocycles. The summed E-state index contributed by atoms with van der Waals surface area (Å²) in [5.41, 5.74) is 5.52. The summed E-state index contributed by atoms with van der Waals surface area (Å²) in [5, 5.41) is 2.86. The van der Waals surface area contributed by atoms with Crippen LogP contribution >= 0.6 is 0 Å². The van der Waals surface area contributed by atoms with Gasteiger partial charge < -0.3 is 10.3 Å². The van der Waals surface area contributed by atoms with Crippen molar-refractivity contribution in [2.75, 3.05) is 6.54 Å². The molecule has 4 rings (SSSR count). The third-order valence-electron chi connectivity index (χ3n) is 6.28. The highest BCUT2D eigenvalue weighted by Gasteiger charge is 2.46. The highest BCUT2D eigenvalue weighted by molar-refractivity contribution is 5.98. The molecule has 0 fully saturated rings. The fourth-order valence-electron chi connectivity index (χ4n) is 5.07. The zero-order chi connectivity index (χ0) is 22.7. The SMILES string of the molecule is C/C=C1\[C@H]2C=C(C)C[C@]1(N=CC=Cc1ccccc1C(=O)NCC)c1ccc(=O)[nH]c1C2. The van der Waals surface area contributed by atoms with Crippen LogP contribution in [0.25, 0.3) is 6.08 Å². The molecule has 1 amide bonds. The molecule has 2 aliphatic carbocycles. The number of amides is 1. The highest BCUT2D eigenvalue weighted by atomic mass is 16.1. The van der Waals surface area contributed by atoms with Gasteiger partial charge in [-0.15, -0.1) is 0 Å². The molecule has 164 valence electrons. The number of hydrogen-bond donors (Lipinski definition) is 2. The lowest BCUT2D eigenvalue weighted by atomic mass is 9.63. The van der Waals surface area contributed by atoms with Crippen LogP contribution in [0.5, 0.6) is 0 Å². The topological polar surface area (TPSA) is 74.3 Å². The maximum atomic E-state index is 12.3. The smallest absolute Gasteiger partial charge is 0.251 e. The number of carbonyl (C=O) groups excluding carboxylic acids is 1. The van der Waals surface area contributed by atoms with Gasteiger partial charge in [-0.05, 0) is 56.5 Å². The van der Waals surface area contributed by atoms with Crippen LogP contribution in [0.4, 0.5) is 0 Å². The molecule has 1 aromatic heterocycles. The number of aromatic nitrogens is 1. The van der Waals surface area contributed by atoms with Crippen LogP contribution in [0, 0.1) is 5.92 Å². The summed E-state index contributed by atoms with van der Waals surface area (Å²) < 4.78 is 0. The van der Waals surface area contributed by atoms with Crippen LogP contribution < -0.4 is 10.9 Å². The Morgan fingerprint density at radius 2 is 2.09 bits per heavy atom. The number of nitrogens with one attached hydrogen (secondary N) is 2. The van der Waals surface area contributed by atoms with Crippen molar-refractivity contribution < 1.29 is 4.79 Å². The molecule has 1 aromatic carbocycles. The van der Waals surface area contributed by atoms with Crippen LogP contribution in [0.2, 0.25) is 0 Å². The number of nitrogens with zero attached hydrogens (tertiary/aromatic N) is 1. The van der Waals surface area contributed by atoms with Crippen molar-refractivity contribution in [2.45, 2.75) is 39.2 Å². The Balaban J connectivity index is 1.72. The molecule has 32 heavy (non-hydrogen) atoms. The highest BCUT2D eigenvalue weighted by Crippen LogP contribution is 2.51. The molecule has 5 heteroatoms. The molecule has 0 saturated carbocycles. The molecule has 0 saturated heterocycles. The Morgan fingerprint density at radius 1 is 1.28 bits per heavy atom. The van der Waals surface area contributed by atoms with Crippen LogP contribution in [0.1, 0.15) is 54.4 Å². The zero-order valence-electron chi connectivity index (χ0n) is 18.8. The third-order valence-corrected chi connectivity index (χ3v) is 6.28. The van der Waals surface area contributed by atoms with Crippen molar-refractivity contribution in [2.24, 2.45) is 10.9 Å². The standard InChI is InChI=1S/C27H29N3O2/c1-4-22-20-15-18(3)17-27(22,23-12-13-25(31)30-24(23)16-20)29-14-8-10-19-9-6-7-11-21(19)26(32)28-5-2/h4,6-15,20H,5,16-17H2,1-3H3,(H,28,32)(H,30,31)/b10-8?,22-4+,29-14?/t20-,27+/m0/s1. The van der Waals surface area contributed by atoms with E-state index in [2.05, 4.69) is 36.3 Å². The second-order valence-corrected chi connectivity index (χ2v) is 8.40. The van der Waals surface area contributed by atoms with E-state index in [1.807, 2.05) is 55.6 Å². The van der Waals surface area contributed by atoms with E-state index in [1.54, 1.807) is 6.07 Å². The lowest BCUT2D eigenvalue weighted by Gasteiger charge is -2.45. The fourth-order valence-corrected chi connectivity index (χ4v) is 5.07. The van der Waals surface area contributed by atoms with E-state index >= 15 is 0 Å². The molecule has 2 bridgehead atoms. The molecule has 2 atom stereocenters. The van der Waals surface area contributed by atoms with Gasteiger partial charge in [-0.25, -0.2) is 0 Å². The van der Waals surface area contributed by atoms with Gasteiger partial charge in [-0.1, -0.05) is 42.0 Å². The van der Waals surface area contributed by atoms with Gasteiger partial charge in [-0.2, -0.15) is 0 Å². The van der Waals surface area contributed by atoms with Crippen LogP contribution in [0.3, 0.4) is 0 Å². The lowest BCUT2D eigenvalue weighted by molar-refractivity contribution is 0.0955. The van der Waals surface area contributed by atoms with Gasteiger partial charge in [-0.3, -0.25) is 14.6 Å². The van der Waals surface area contributed by atoms with Gasteiger partial charge in [0.25, 0.3) is 5.91 Å². The molecule has 0 aliphatic heterocycles. The largest absolute Gasteiger partial charge is 0.352 e. The number of aromatic amines is 1. The number of allylic oxidation sites excluding steroid dienone is 3. The molecule has 2 aromatic rings.